The summed E-state index contributed by atoms with van der Waals surface area (Å²) >= 11 is 0. The molecule has 0 saturated heterocycles. The van der Waals surface area contributed by atoms with Gasteiger partial charge < -0.3 is 9.80 Å². The molecule has 58 valence electrons. The van der Waals surface area contributed by atoms with Gasteiger partial charge in [0, 0.05) is 26.0 Å². The number of rotatable bonds is 1. The molecule has 0 spiro atoms. The number of nitrogens with zero attached hydrogens (tertiary/aromatic N) is 2. The standard InChI is InChI=1S/C8H16N2/c1-5-8-6-9(3)7(2)10(8)4/h6-7H,5H2,1-4H3. The Kier molecular flexibility index (Phi) is 1.88. The van der Waals surface area contributed by atoms with E-state index in [1.807, 2.05) is 0 Å². The second-order valence-electron chi connectivity index (χ2n) is 2.88. The molecular weight excluding hydrogens is 124 g/mol. The summed E-state index contributed by atoms with van der Waals surface area (Å²) in [5, 5.41) is 0. The Labute approximate surface area is 63.1 Å². The van der Waals surface area contributed by atoms with E-state index in [9.17, 15) is 0 Å². The maximum Gasteiger partial charge on any atom is 0.0974 e. The van der Waals surface area contributed by atoms with E-state index in [-0.39, 0.29) is 0 Å². The molecule has 0 N–H and O–H groups in total. The van der Waals surface area contributed by atoms with Crippen LogP contribution in [0.25, 0.3) is 0 Å². The van der Waals surface area contributed by atoms with Crippen molar-refractivity contribution in [2.75, 3.05) is 14.1 Å². The van der Waals surface area contributed by atoms with Gasteiger partial charge in [-0.1, -0.05) is 6.92 Å². The Morgan fingerprint density at radius 3 is 2.30 bits per heavy atom. The van der Waals surface area contributed by atoms with E-state index in [0.717, 1.165) is 6.42 Å². The van der Waals surface area contributed by atoms with Crippen LogP contribution in [0.2, 0.25) is 0 Å². The van der Waals surface area contributed by atoms with Crippen LogP contribution in [0.3, 0.4) is 0 Å². The Bertz CT molecular complexity index is 151. The molecule has 0 amide bonds. The fourth-order valence-corrected chi connectivity index (χ4v) is 1.29. The summed E-state index contributed by atoms with van der Waals surface area (Å²) in [6.45, 7) is 4.40. The Hall–Kier alpha value is -0.660. The van der Waals surface area contributed by atoms with Gasteiger partial charge in [0.25, 0.3) is 0 Å². The van der Waals surface area contributed by atoms with Gasteiger partial charge in [0.15, 0.2) is 0 Å². The third kappa shape index (κ3) is 0.981. The minimum atomic E-state index is 0.537. The van der Waals surface area contributed by atoms with E-state index >= 15 is 0 Å². The first-order chi connectivity index (χ1) is 4.66. The van der Waals surface area contributed by atoms with Crippen molar-refractivity contribution in [1.82, 2.24) is 9.80 Å². The Morgan fingerprint density at radius 1 is 1.50 bits per heavy atom. The van der Waals surface area contributed by atoms with Gasteiger partial charge >= 0.3 is 0 Å². The van der Waals surface area contributed by atoms with Crippen LogP contribution in [-0.4, -0.2) is 30.1 Å². The number of allylic oxidation sites excluding steroid dienone is 1. The second kappa shape index (κ2) is 2.52. The molecule has 0 aromatic heterocycles. The van der Waals surface area contributed by atoms with Crippen molar-refractivity contribution in [2.45, 2.75) is 26.4 Å². The lowest BCUT2D eigenvalue weighted by Gasteiger charge is -2.25. The molecule has 0 radical (unpaired) electrons. The van der Waals surface area contributed by atoms with Crippen LogP contribution in [0, 0.1) is 0 Å². The average Bonchev–Trinajstić information content (AvgIpc) is 2.17. The van der Waals surface area contributed by atoms with Gasteiger partial charge in [0.2, 0.25) is 0 Å². The Balaban J connectivity index is 2.68. The molecule has 2 nitrogen and oxygen atoms in total. The zero-order chi connectivity index (χ0) is 7.72. The smallest absolute Gasteiger partial charge is 0.0974 e. The van der Waals surface area contributed by atoms with Crippen LogP contribution >= 0.6 is 0 Å². The van der Waals surface area contributed by atoms with Crippen molar-refractivity contribution >= 4 is 0 Å². The minimum Gasteiger partial charge on any atom is -0.359 e. The lowest BCUT2D eigenvalue weighted by atomic mass is 10.3. The molecule has 1 aliphatic heterocycles. The summed E-state index contributed by atoms with van der Waals surface area (Å²) in [5.41, 5.74) is 1.43. The average molecular weight is 140 g/mol. The second-order valence-corrected chi connectivity index (χ2v) is 2.88. The van der Waals surface area contributed by atoms with Crippen LogP contribution < -0.4 is 0 Å². The fourth-order valence-electron chi connectivity index (χ4n) is 1.29. The highest BCUT2D eigenvalue weighted by molar-refractivity contribution is 5.06. The van der Waals surface area contributed by atoms with Crippen LogP contribution in [0.5, 0.6) is 0 Å². The molecule has 1 aliphatic rings. The van der Waals surface area contributed by atoms with Crippen molar-refractivity contribution in [3.05, 3.63) is 11.9 Å². The molecule has 1 rings (SSSR count). The molecule has 1 heterocycles. The molecule has 0 saturated carbocycles. The van der Waals surface area contributed by atoms with Crippen LogP contribution in [0.1, 0.15) is 20.3 Å². The first-order valence-electron chi connectivity index (χ1n) is 3.82. The molecule has 0 aliphatic carbocycles. The normalized spacial score (nSPS) is 25.6. The molecule has 0 aromatic rings. The van der Waals surface area contributed by atoms with E-state index < -0.39 is 0 Å². The van der Waals surface area contributed by atoms with Gasteiger partial charge in [0.1, 0.15) is 0 Å². The summed E-state index contributed by atoms with van der Waals surface area (Å²) in [7, 11) is 4.26. The van der Waals surface area contributed by atoms with Crippen LogP contribution in [-0.2, 0) is 0 Å². The number of hydrogen-bond acceptors (Lipinski definition) is 2. The zero-order valence-corrected chi connectivity index (χ0v) is 7.26. The van der Waals surface area contributed by atoms with Gasteiger partial charge in [-0.05, 0) is 13.3 Å². The highest BCUT2D eigenvalue weighted by atomic mass is 15.4. The summed E-state index contributed by atoms with van der Waals surface area (Å²) < 4.78 is 0. The van der Waals surface area contributed by atoms with Gasteiger partial charge in [-0.25, -0.2) is 0 Å². The molecule has 0 aromatic carbocycles. The van der Waals surface area contributed by atoms with E-state index in [1.54, 1.807) is 0 Å². The SMILES string of the molecule is CCC1=CN(C)C(C)N1C. The molecule has 2 heteroatoms. The first kappa shape index (κ1) is 7.45. The molecule has 0 bridgehead atoms. The maximum absolute atomic E-state index is 2.31. The largest absolute Gasteiger partial charge is 0.359 e. The van der Waals surface area contributed by atoms with E-state index in [4.69, 9.17) is 0 Å². The summed E-state index contributed by atoms with van der Waals surface area (Å²) in [6, 6.07) is 0. The zero-order valence-electron chi connectivity index (χ0n) is 7.26. The van der Waals surface area contributed by atoms with Crippen molar-refractivity contribution in [1.29, 1.82) is 0 Å². The summed E-state index contributed by atoms with van der Waals surface area (Å²) in [4.78, 5) is 4.54. The molecular formula is C8H16N2. The molecule has 0 fully saturated rings. The van der Waals surface area contributed by atoms with Gasteiger partial charge in [-0.3, -0.25) is 0 Å². The monoisotopic (exact) mass is 140 g/mol. The van der Waals surface area contributed by atoms with E-state index in [1.165, 1.54) is 5.70 Å². The molecule has 1 unspecified atom stereocenters. The third-order valence-corrected chi connectivity index (χ3v) is 2.32. The molecule has 1 atom stereocenters. The predicted molar refractivity (Wildman–Crippen MR) is 43.4 cm³/mol. The minimum absolute atomic E-state index is 0.537. The Morgan fingerprint density at radius 2 is 2.10 bits per heavy atom. The third-order valence-electron chi connectivity index (χ3n) is 2.32. The summed E-state index contributed by atoms with van der Waals surface area (Å²) in [5.74, 6) is 0. The lowest BCUT2D eigenvalue weighted by molar-refractivity contribution is 0.214. The van der Waals surface area contributed by atoms with Crippen molar-refractivity contribution in [3.63, 3.8) is 0 Å². The predicted octanol–water partition coefficient (Wildman–Crippen LogP) is 1.46. The van der Waals surface area contributed by atoms with E-state index in [2.05, 4.69) is 43.9 Å². The van der Waals surface area contributed by atoms with Crippen LogP contribution in [0.15, 0.2) is 11.9 Å². The van der Waals surface area contributed by atoms with Crippen molar-refractivity contribution < 1.29 is 0 Å². The maximum atomic E-state index is 2.31. The summed E-state index contributed by atoms with van der Waals surface area (Å²) in [6.07, 6.45) is 3.88. The van der Waals surface area contributed by atoms with E-state index in [0.29, 0.717) is 6.17 Å². The highest BCUT2D eigenvalue weighted by Gasteiger charge is 2.20. The van der Waals surface area contributed by atoms with Crippen molar-refractivity contribution in [2.24, 2.45) is 0 Å². The lowest BCUT2D eigenvalue weighted by Crippen LogP contribution is -2.31. The van der Waals surface area contributed by atoms with Crippen LogP contribution in [0.4, 0.5) is 0 Å². The molecule has 10 heavy (non-hydrogen) atoms. The van der Waals surface area contributed by atoms with Gasteiger partial charge in [-0.2, -0.15) is 0 Å². The number of hydrogen-bond donors (Lipinski definition) is 0. The quantitative estimate of drug-likeness (QED) is 0.544. The first-order valence-corrected chi connectivity index (χ1v) is 3.82. The van der Waals surface area contributed by atoms with Crippen molar-refractivity contribution in [3.8, 4) is 0 Å². The van der Waals surface area contributed by atoms with Gasteiger partial charge in [-0.15, -0.1) is 0 Å². The fraction of sp³-hybridized carbons (Fsp3) is 0.750. The van der Waals surface area contributed by atoms with Gasteiger partial charge in [0.05, 0.1) is 6.17 Å². The highest BCUT2D eigenvalue weighted by Crippen LogP contribution is 2.20. The topological polar surface area (TPSA) is 6.48 Å².